The van der Waals surface area contributed by atoms with Crippen LogP contribution in [0.4, 0.5) is 0 Å². The molecular weight excluding hydrogens is 408 g/mol. The van der Waals surface area contributed by atoms with Gasteiger partial charge in [-0.3, -0.25) is 0 Å². The molecule has 25 heavy (non-hydrogen) atoms. The molecule has 1 rings (SSSR count). The normalized spacial score (nSPS) is 10.9. The zero-order valence-electron chi connectivity index (χ0n) is 17.5. The van der Waals surface area contributed by atoms with E-state index in [1.165, 1.54) is 69.8 Å². The summed E-state index contributed by atoms with van der Waals surface area (Å²) in [5, 5.41) is 10.7. The Morgan fingerprint density at radius 3 is 1.72 bits per heavy atom. The van der Waals surface area contributed by atoms with Crippen molar-refractivity contribution in [2.24, 2.45) is 0 Å². The first-order valence-corrected chi connectivity index (χ1v) is 18.1. The first kappa shape index (κ1) is 25.2. The van der Waals surface area contributed by atoms with E-state index < -0.39 is 18.4 Å². The predicted molar refractivity (Wildman–Crippen MR) is 113 cm³/mol. The van der Waals surface area contributed by atoms with Crippen LogP contribution in [-0.4, -0.2) is 36.1 Å². The van der Waals surface area contributed by atoms with Gasteiger partial charge < -0.3 is 0 Å². The molecule has 0 aliphatic rings. The molecule has 1 heterocycles. The average Bonchev–Trinajstić information content (AvgIpc) is 3.12. The molecule has 1 aromatic heterocycles. The second kappa shape index (κ2) is 16.3. The molecule has 0 aliphatic heterocycles. The molecule has 0 bridgehead atoms. The van der Waals surface area contributed by atoms with E-state index >= 15 is 0 Å². The third kappa shape index (κ3) is 9.60. The van der Waals surface area contributed by atoms with Crippen LogP contribution in [0.15, 0.2) is 16.7 Å². The van der Waals surface area contributed by atoms with Crippen LogP contribution in [0.3, 0.4) is 0 Å². The van der Waals surface area contributed by atoms with E-state index in [0.29, 0.717) is 0 Å². The van der Waals surface area contributed by atoms with E-state index in [2.05, 4.69) is 51.5 Å². The summed E-state index contributed by atoms with van der Waals surface area (Å²) in [5.41, 5.74) is 0.837. The van der Waals surface area contributed by atoms with Crippen LogP contribution in [0.25, 0.3) is 0 Å². The van der Waals surface area contributed by atoms with Gasteiger partial charge in [-0.1, -0.05) is 0 Å². The maximum atomic E-state index is 9.37. The number of nitrogens with zero attached hydrogens (tertiary/aromatic N) is 1. The Bertz CT molecular complexity index is 443. The molecule has 0 unspecified atom stereocenters. The molecule has 0 aromatic carbocycles. The van der Waals surface area contributed by atoms with Gasteiger partial charge in [0.2, 0.25) is 0 Å². The Hall–Kier alpha value is 0.166. The van der Waals surface area contributed by atoms with Crippen molar-refractivity contribution in [1.29, 1.82) is 5.26 Å². The molecule has 0 aliphatic carbocycles. The molecule has 2 nitrogen and oxygen atoms in total. The summed E-state index contributed by atoms with van der Waals surface area (Å²) in [4.78, 5) is 0. The van der Waals surface area contributed by atoms with E-state index in [1.54, 1.807) is 6.26 Å². The number of hydrogen-bond acceptors (Lipinski definition) is 2. The Balaban J connectivity index is 0.00000101. The monoisotopic (exact) mass is 447 g/mol. The third-order valence-electron chi connectivity index (χ3n) is 5.00. The first-order valence-electron chi connectivity index (χ1n) is 10.6. The summed E-state index contributed by atoms with van der Waals surface area (Å²) in [7, 11) is 0. The molecule has 0 spiro atoms. The van der Waals surface area contributed by atoms with Crippen LogP contribution in [0.2, 0.25) is 18.4 Å². The molecule has 0 atom stereocenters. The van der Waals surface area contributed by atoms with E-state index in [0.717, 1.165) is 9.34 Å². The fraction of sp³-hybridized carbons (Fsp3) is 0.762. The van der Waals surface area contributed by atoms with Gasteiger partial charge in [0.05, 0.1) is 0 Å². The van der Waals surface area contributed by atoms with E-state index in [9.17, 15) is 5.26 Å². The van der Waals surface area contributed by atoms with Gasteiger partial charge in [-0.2, -0.15) is 0 Å². The SMILES string of the molecule is CCC[CH2][Sn]([CH2]CCC)([CH2]CCC)[c]1occc1C#N.[Li][CH2]CCC. The Morgan fingerprint density at radius 2 is 1.40 bits per heavy atom. The van der Waals surface area contributed by atoms with E-state index in [1.807, 2.05) is 6.07 Å². The van der Waals surface area contributed by atoms with Gasteiger partial charge in [-0.15, -0.1) is 0 Å². The van der Waals surface area contributed by atoms with Crippen molar-refractivity contribution < 1.29 is 4.42 Å². The Kier molecular flexibility index (Phi) is 16.5. The zero-order valence-corrected chi connectivity index (χ0v) is 20.3. The van der Waals surface area contributed by atoms with Crippen LogP contribution in [0.1, 0.15) is 84.6 Å². The second-order valence-electron chi connectivity index (χ2n) is 7.22. The van der Waals surface area contributed by atoms with Gasteiger partial charge in [0.25, 0.3) is 0 Å². The quantitative estimate of drug-likeness (QED) is 0.340. The predicted octanol–water partition coefficient (Wildman–Crippen LogP) is 6.58. The summed E-state index contributed by atoms with van der Waals surface area (Å²) in [5.74, 6) is 0. The number of unbranched alkanes of at least 4 members (excludes halogenated alkanes) is 4. The molecule has 1 aromatic rings. The molecule has 4 heteroatoms. The molecule has 138 valence electrons. The van der Waals surface area contributed by atoms with Gasteiger partial charge >= 0.3 is 171 Å². The van der Waals surface area contributed by atoms with Crippen molar-refractivity contribution >= 4 is 39.9 Å². The molecule has 0 fully saturated rings. The fourth-order valence-electron chi connectivity index (χ4n) is 3.42. The van der Waals surface area contributed by atoms with E-state index in [-0.39, 0.29) is 0 Å². The summed E-state index contributed by atoms with van der Waals surface area (Å²) in [6.45, 7) is 9.01. The Morgan fingerprint density at radius 1 is 0.920 bits per heavy atom. The molecule has 0 N–H and O–H groups in total. The van der Waals surface area contributed by atoms with Gasteiger partial charge in [0.1, 0.15) is 0 Å². The number of nitriles is 1. The minimum atomic E-state index is -2.52. The standard InChI is InChI=1S/C5H2NO.4C4H9.Li.Sn/c6-3-5-1-2-7-4-5;4*1-3-4-2;;/h1-2H;4*1,3-4H2,2H3;;. The molecular formula is C21H38LiNOSn. The van der Waals surface area contributed by atoms with Crippen molar-refractivity contribution in [3.05, 3.63) is 17.9 Å². The van der Waals surface area contributed by atoms with Crippen LogP contribution in [0.5, 0.6) is 0 Å². The molecule has 0 amide bonds. The molecule has 0 saturated carbocycles. The summed E-state index contributed by atoms with van der Waals surface area (Å²) < 4.78 is 11.1. The third-order valence-corrected chi connectivity index (χ3v) is 20.1. The van der Waals surface area contributed by atoms with Crippen molar-refractivity contribution in [2.45, 2.75) is 97.5 Å². The van der Waals surface area contributed by atoms with Crippen LogP contribution in [-0.2, 0) is 0 Å². The van der Waals surface area contributed by atoms with Crippen LogP contribution >= 0.6 is 0 Å². The zero-order chi connectivity index (χ0) is 19.0. The summed E-state index contributed by atoms with van der Waals surface area (Å²) >= 11 is -0.304. The maximum absolute atomic E-state index is 9.37. The topological polar surface area (TPSA) is 36.9 Å². The number of furan rings is 1. The van der Waals surface area contributed by atoms with Gasteiger partial charge in [-0.25, -0.2) is 0 Å². The van der Waals surface area contributed by atoms with Crippen molar-refractivity contribution in [3.63, 3.8) is 0 Å². The minimum absolute atomic E-state index is 0.837. The second-order valence-corrected chi connectivity index (χ2v) is 20.1. The van der Waals surface area contributed by atoms with Crippen LogP contribution in [0, 0.1) is 11.3 Å². The average molecular weight is 446 g/mol. The summed E-state index contributed by atoms with van der Waals surface area (Å²) in [6.07, 6.45) is 12.1. The molecule has 0 radical (unpaired) electrons. The number of rotatable bonds is 12. The van der Waals surface area contributed by atoms with Crippen molar-refractivity contribution in [2.75, 3.05) is 0 Å². The van der Waals surface area contributed by atoms with Crippen molar-refractivity contribution in [3.8, 4) is 6.07 Å². The van der Waals surface area contributed by atoms with Gasteiger partial charge in [0, 0.05) is 0 Å². The van der Waals surface area contributed by atoms with Gasteiger partial charge in [0.15, 0.2) is 0 Å². The molecule has 0 saturated heterocycles. The van der Waals surface area contributed by atoms with Gasteiger partial charge in [-0.05, 0) is 0 Å². The van der Waals surface area contributed by atoms with E-state index in [4.69, 9.17) is 4.42 Å². The summed E-state index contributed by atoms with van der Waals surface area (Å²) in [6, 6.07) is 4.25. The van der Waals surface area contributed by atoms with Crippen molar-refractivity contribution in [1.82, 2.24) is 0 Å². The Labute approximate surface area is 170 Å². The first-order chi connectivity index (χ1) is 12.2. The number of hydrogen-bond donors (Lipinski definition) is 0. The van der Waals surface area contributed by atoms with Crippen LogP contribution < -0.4 is 3.78 Å². The fourth-order valence-corrected chi connectivity index (χ4v) is 19.3.